The van der Waals surface area contributed by atoms with Gasteiger partial charge < -0.3 is 11.1 Å². The summed E-state index contributed by atoms with van der Waals surface area (Å²) >= 11 is 5.88. The van der Waals surface area contributed by atoms with E-state index in [-0.39, 0.29) is 4.90 Å². The maximum Gasteiger partial charge on any atom is 0.261 e. The molecule has 0 unspecified atom stereocenters. The molecule has 0 amide bonds. The van der Waals surface area contributed by atoms with Gasteiger partial charge in [-0.15, -0.1) is 0 Å². The van der Waals surface area contributed by atoms with Crippen molar-refractivity contribution in [2.75, 3.05) is 15.8 Å². The zero-order chi connectivity index (χ0) is 24.6. The number of aromatic nitrogens is 4. The Balaban J connectivity index is 1.51. The van der Waals surface area contributed by atoms with Crippen molar-refractivity contribution in [3.05, 3.63) is 89.8 Å². The molecular weight excluding hydrogens is 486 g/mol. The van der Waals surface area contributed by atoms with Crippen LogP contribution in [0.25, 0.3) is 17.0 Å². The van der Waals surface area contributed by atoms with E-state index in [1.54, 1.807) is 31.2 Å². The van der Waals surface area contributed by atoms with E-state index in [1.165, 1.54) is 24.3 Å². The predicted molar refractivity (Wildman–Crippen MR) is 137 cm³/mol. The largest absolute Gasteiger partial charge is 0.384 e. The standard InChI is InChI=1S/C24H20ClN7O2S/c1-15-27-20(14-21(26)28-15)23-24(30-22-7-2-3-12-32(22)23)29-17-5-4-6-18(13-17)31-35(33,34)19-10-8-16(25)9-11-19/h2-14,29,31H,1H3,(H2,26,27,28). The highest BCUT2D eigenvalue weighted by atomic mass is 35.5. The molecule has 0 spiro atoms. The Morgan fingerprint density at radius 1 is 0.914 bits per heavy atom. The second-order valence-corrected chi connectivity index (χ2v) is 9.85. The van der Waals surface area contributed by atoms with Crippen LogP contribution in [-0.4, -0.2) is 27.8 Å². The smallest absolute Gasteiger partial charge is 0.261 e. The summed E-state index contributed by atoms with van der Waals surface area (Å²) in [5.41, 5.74) is 9.00. The van der Waals surface area contributed by atoms with Crippen molar-refractivity contribution in [1.29, 1.82) is 0 Å². The summed E-state index contributed by atoms with van der Waals surface area (Å²) in [6.45, 7) is 1.77. The molecule has 0 saturated heterocycles. The summed E-state index contributed by atoms with van der Waals surface area (Å²) in [5.74, 6) is 1.42. The topological polar surface area (TPSA) is 127 Å². The molecule has 2 aromatic carbocycles. The van der Waals surface area contributed by atoms with Crippen LogP contribution in [0.1, 0.15) is 5.82 Å². The van der Waals surface area contributed by atoms with Crippen LogP contribution in [0.2, 0.25) is 5.02 Å². The predicted octanol–water partition coefficient (Wildman–Crippen LogP) is 4.88. The first-order valence-corrected chi connectivity index (χ1v) is 12.4. The fourth-order valence-corrected chi connectivity index (χ4v) is 4.84. The Morgan fingerprint density at radius 2 is 1.69 bits per heavy atom. The van der Waals surface area contributed by atoms with Gasteiger partial charge in [-0.1, -0.05) is 23.7 Å². The quantitative estimate of drug-likeness (QED) is 0.300. The molecule has 176 valence electrons. The highest BCUT2D eigenvalue weighted by molar-refractivity contribution is 7.92. The molecule has 0 saturated carbocycles. The van der Waals surface area contributed by atoms with Crippen LogP contribution in [0, 0.1) is 6.92 Å². The number of imidazole rings is 1. The van der Waals surface area contributed by atoms with Crippen molar-refractivity contribution >= 4 is 50.3 Å². The zero-order valence-corrected chi connectivity index (χ0v) is 20.0. The third-order valence-corrected chi connectivity index (χ3v) is 6.78. The number of pyridine rings is 1. The number of nitrogens with two attached hydrogens (primary N) is 1. The number of benzene rings is 2. The second kappa shape index (κ2) is 8.90. The molecule has 5 rings (SSSR count). The lowest BCUT2D eigenvalue weighted by atomic mass is 10.2. The van der Waals surface area contributed by atoms with E-state index in [0.29, 0.717) is 50.9 Å². The van der Waals surface area contributed by atoms with E-state index in [4.69, 9.17) is 22.3 Å². The van der Waals surface area contributed by atoms with Gasteiger partial charge in [0.2, 0.25) is 0 Å². The van der Waals surface area contributed by atoms with Crippen molar-refractivity contribution in [1.82, 2.24) is 19.4 Å². The van der Waals surface area contributed by atoms with E-state index in [0.717, 1.165) is 0 Å². The minimum Gasteiger partial charge on any atom is -0.384 e. The van der Waals surface area contributed by atoms with Crippen LogP contribution in [0.5, 0.6) is 0 Å². The first-order chi connectivity index (χ1) is 16.8. The van der Waals surface area contributed by atoms with Gasteiger partial charge in [-0.3, -0.25) is 9.12 Å². The summed E-state index contributed by atoms with van der Waals surface area (Å²) in [7, 11) is -3.79. The number of nitrogens with one attached hydrogen (secondary N) is 2. The Labute approximate surface area is 206 Å². The summed E-state index contributed by atoms with van der Waals surface area (Å²) < 4.78 is 30.1. The third-order valence-electron chi connectivity index (χ3n) is 5.13. The van der Waals surface area contributed by atoms with Crippen LogP contribution in [0.15, 0.2) is 83.9 Å². The monoisotopic (exact) mass is 505 g/mol. The average molecular weight is 506 g/mol. The summed E-state index contributed by atoms with van der Waals surface area (Å²) in [6, 6.07) is 20.2. The van der Waals surface area contributed by atoms with Gasteiger partial charge in [0.15, 0.2) is 5.82 Å². The van der Waals surface area contributed by atoms with Gasteiger partial charge >= 0.3 is 0 Å². The van der Waals surface area contributed by atoms with Crippen LogP contribution >= 0.6 is 11.6 Å². The molecule has 0 aliphatic rings. The zero-order valence-electron chi connectivity index (χ0n) is 18.5. The van der Waals surface area contributed by atoms with Crippen molar-refractivity contribution in [3.8, 4) is 11.4 Å². The summed E-state index contributed by atoms with van der Waals surface area (Å²) in [5, 5.41) is 3.74. The molecule has 0 bridgehead atoms. The van der Waals surface area contributed by atoms with Gasteiger partial charge in [0, 0.05) is 23.0 Å². The van der Waals surface area contributed by atoms with Gasteiger partial charge in [0.05, 0.1) is 16.3 Å². The Morgan fingerprint density at radius 3 is 2.46 bits per heavy atom. The molecule has 9 nitrogen and oxygen atoms in total. The van der Waals surface area contributed by atoms with Crippen LogP contribution in [0.3, 0.4) is 0 Å². The molecule has 0 radical (unpaired) electrons. The van der Waals surface area contributed by atoms with Crippen LogP contribution < -0.4 is 15.8 Å². The normalized spacial score (nSPS) is 11.5. The Hall–Kier alpha value is -4.15. The average Bonchev–Trinajstić information content (AvgIpc) is 3.16. The molecule has 0 aliphatic heterocycles. The SMILES string of the molecule is Cc1nc(N)cc(-c2c(Nc3cccc(NS(=O)(=O)c4ccc(Cl)cc4)c3)nc3ccccn23)n1. The van der Waals surface area contributed by atoms with E-state index >= 15 is 0 Å². The summed E-state index contributed by atoms with van der Waals surface area (Å²) in [6.07, 6.45) is 1.88. The number of fused-ring (bicyclic) bond motifs is 1. The molecule has 0 atom stereocenters. The van der Waals surface area contributed by atoms with E-state index in [1.807, 2.05) is 34.9 Å². The fraction of sp³-hybridized carbons (Fsp3) is 0.0417. The molecule has 3 aromatic heterocycles. The number of rotatable bonds is 6. The maximum atomic E-state index is 12.8. The van der Waals surface area contributed by atoms with Gasteiger partial charge in [-0.05, 0) is 61.5 Å². The number of aryl methyl sites for hydroxylation is 1. The maximum absolute atomic E-state index is 12.8. The number of hydrogen-bond acceptors (Lipinski definition) is 7. The van der Waals surface area contributed by atoms with E-state index < -0.39 is 10.0 Å². The van der Waals surface area contributed by atoms with Crippen molar-refractivity contribution < 1.29 is 8.42 Å². The van der Waals surface area contributed by atoms with Crippen LogP contribution in [-0.2, 0) is 10.0 Å². The Kier molecular flexibility index (Phi) is 5.75. The molecule has 11 heteroatoms. The summed E-state index contributed by atoms with van der Waals surface area (Å²) in [4.78, 5) is 13.5. The van der Waals surface area contributed by atoms with Crippen molar-refractivity contribution in [2.45, 2.75) is 11.8 Å². The molecule has 35 heavy (non-hydrogen) atoms. The second-order valence-electron chi connectivity index (χ2n) is 7.73. The van der Waals surface area contributed by atoms with Crippen LogP contribution in [0.4, 0.5) is 23.0 Å². The molecule has 4 N–H and O–H groups in total. The van der Waals surface area contributed by atoms with Gasteiger partial charge in [0.1, 0.15) is 23.0 Å². The lowest BCUT2D eigenvalue weighted by Crippen LogP contribution is -2.12. The van der Waals surface area contributed by atoms with Crippen molar-refractivity contribution in [3.63, 3.8) is 0 Å². The first-order valence-electron chi connectivity index (χ1n) is 10.5. The lowest BCUT2D eigenvalue weighted by molar-refractivity contribution is 0.601. The highest BCUT2D eigenvalue weighted by Gasteiger charge is 2.18. The van der Waals surface area contributed by atoms with Crippen molar-refractivity contribution in [2.24, 2.45) is 0 Å². The minimum atomic E-state index is -3.79. The molecule has 0 fully saturated rings. The number of nitrogen functional groups attached to an aromatic ring is 1. The molecule has 0 aliphatic carbocycles. The van der Waals surface area contributed by atoms with Gasteiger partial charge in [-0.25, -0.2) is 23.4 Å². The molecule has 5 aromatic rings. The first kappa shape index (κ1) is 22.6. The minimum absolute atomic E-state index is 0.111. The number of halogens is 1. The highest BCUT2D eigenvalue weighted by Crippen LogP contribution is 2.31. The van der Waals surface area contributed by atoms with Gasteiger partial charge in [0.25, 0.3) is 10.0 Å². The number of anilines is 4. The molecular formula is C24H20ClN7O2S. The van der Waals surface area contributed by atoms with E-state index in [9.17, 15) is 8.42 Å². The lowest BCUT2D eigenvalue weighted by Gasteiger charge is -2.11. The fourth-order valence-electron chi connectivity index (χ4n) is 3.66. The number of hydrogen-bond donors (Lipinski definition) is 3. The Bertz CT molecular complexity index is 1630. The number of nitrogens with zero attached hydrogens (tertiary/aromatic N) is 4. The number of sulfonamides is 1. The third kappa shape index (κ3) is 4.75. The molecule has 3 heterocycles. The van der Waals surface area contributed by atoms with Gasteiger partial charge in [-0.2, -0.15) is 0 Å². The van der Waals surface area contributed by atoms with E-state index in [2.05, 4.69) is 20.0 Å².